The molecule has 0 N–H and O–H groups in total. The predicted octanol–water partition coefficient (Wildman–Crippen LogP) is 4.65. The third kappa shape index (κ3) is 2.54. The molecule has 0 aliphatic carbocycles. The van der Waals surface area contributed by atoms with Crippen molar-refractivity contribution in [2.24, 2.45) is 0 Å². The Hall–Kier alpha value is -2.09. The lowest BCUT2D eigenvalue weighted by molar-refractivity contribution is -0.678. The molecule has 1 atom stereocenters. The molecule has 0 aliphatic heterocycles. The number of nitrogens with zero attached hydrogens (tertiary/aromatic N) is 2. The third-order valence-electron chi connectivity index (χ3n) is 4.58. The van der Waals surface area contributed by atoms with Crippen LogP contribution in [0.2, 0.25) is 0 Å². The second-order valence-corrected chi connectivity index (χ2v) is 6.00. The monoisotopic (exact) mass is 293 g/mol. The van der Waals surface area contributed by atoms with Gasteiger partial charge in [-0.15, -0.1) is 0 Å². The average molecular weight is 293 g/mol. The van der Waals surface area contributed by atoms with Gasteiger partial charge < -0.3 is 0 Å². The topological polar surface area (TPSA) is 8.81 Å². The SMILES string of the molecule is CCCC[n+]1c(C)n([C@@H](C)c2ccccc2)c2ccccc21. The summed E-state index contributed by atoms with van der Waals surface area (Å²) >= 11 is 0. The van der Waals surface area contributed by atoms with E-state index in [9.17, 15) is 0 Å². The van der Waals surface area contributed by atoms with Gasteiger partial charge in [-0.05, 0) is 31.0 Å². The van der Waals surface area contributed by atoms with E-state index in [1.54, 1.807) is 0 Å². The standard InChI is InChI=1S/C20H25N2/c1-4-5-15-21-17(3)22(20-14-10-9-13-19(20)21)16(2)18-11-7-6-8-12-18/h6-14,16H,4-5,15H2,1-3H3/q+1/t16-/m0/s1. The first-order chi connectivity index (χ1) is 10.7. The van der Waals surface area contributed by atoms with Gasteiger partial charge in [0, 0.05) is 6.92 Å². The molecule has 0 spiro atoms. The fraction of sp³-hybridized carbons (Fsp3) is 0.350. The van der Waals surface area contributed by atoms with E-state index >= 15 is 0 Å². The van der Waals surface area contributed by atoms with E-state index in [0.29, 0.717) is 6.04 Å². The van der Waals surface area contributed by atoms with Crippen molar-refractivity contribution in [3.8, 4) is 0 Å². The number of hydrogen-bond acceptors (Lipinski definition) is 0. The van der Waals surface area contributed by atoms with Gasteiger partial charge in [-0.25, -0.2) is 9.13 Å². The molecule has 0 amide bonds. The number of para-hydroxylation sites is 2. The van der Waals surface area contributed by atoms with Gasteiger partial charge in [0.25, 0.3) is 5.82 Å². The zero-order chi connectivity index (χ0) is 15.5. The highest BCUT2D eigenvalue weighted by Crippen LogP contribution is 2.24. The zero-order valence-corrected chi connectivity index (χ0v) is 13.8. The molecule has 1 aromatic heterocycles. The van der Waals surface area contributed by atoms with Crippen molar-refractivity contribution in [1.82, 2.24) is 4.57 Å². The first-order valence-electron chi connectivity index (χ1n) is 8.28. The summed E-state index contributed by atoms with van der Waals surface area (Å²) in [5.74, 6) is 1.34. The zero-order valence-electron chi connectivity index (χ0n) is 13.8. The first kappa shape index (κ1) is 14.8. The normalized spacial score (nSPS) is 12.7. The summed E-state index contributed by atoms with van der Waals surface area (Å²) in [6.45, 7) is 7.88. The van der Waals surface area contributed by atoms with E-state index in [0.717, 1.165) is 6.54 Å². The van der Waals surface area contributed by atoms with E-state index in [-0.39, 0.29) is 0 Å². The third-order valence-corrected chi connectivity index (χ3v) is 4.58. The van der Waals surface area contributed by atoms with Crippen LogP contribution in [0.5, 0.6) is 0 Å². The molecule has 0 fully saturated rings. The lowest BCUT2D eigenvalue weighted by atomic mass is 10.1. The Balaban J connectivity index is 2.15. The van der Waals surface area contributed by atoms with Crippen molar-refractivity contribution >= 4 is 11.0 Å². The minimum atomic E-state index is 0.342. The number of fused-ring (bicyclic) bond motifs is 1. The second-order valence-electron chi connectivity index (χ2n) is 6.00. The number of aryl methyl sites for hydroxylation is 1. The summed E-state index contributed by atoms with van der Waals surface area (Å²) in [7, 11) is 0. The minimum absolute atomic E-state index is 0.342. The van der Waals surface area contributed by atoms with Gasteiger partial charge >= 0.3 is 0 Å². The van der Waals surface area contributed by atoms with Crippen LogP contribution in [-0.2, 0) is 6.54 Å². The fourth-order valence-corrected chi connectivity index (χ4v) is 3.34. The highest BCUT2D eigenvalue weighted by Gasteiger charge is 2.25. The minimum Gasteiger partial charge on any atom is -0.227 e. The maximum atomic E-state index is 2.47. The molecule has 2 aromatic carbocycles. The summed E-state index contributed by atoms with van der Waals surface area (Å²) < 4.78 is 4.94. The number of imidazole rings is 1. The summed E-state index contributed by atoms with van der Waals surface area (Å²) in [4.78, 5) is 0. The van der Waals surface area contributed by atoms with Gasteiger partial charge in [0.1, 0.15) is 6.04 Å². The molecule has 22 heavy (non-hydrogen) atoms. The summed E-state index contributed by atoms with van der Waals surface area (Å²) in [6, 6.07) is 19.9. The van der Waals surface area contributed by atoms with E-state index in [1.807, 2.05) is 0 Å². The van der Waals surface area contributed by atoms with Crippen LogP contribution < -0.4 is 4.57 Å². The number of aromatic nitrogens is 2. The molecular formula is C20H25N2+. The molecule has 0 saturated carbocycles. The predicted molar refractivity (Wildman–Crippen MR) is 92.0 cm³/mol. The molecule has 0 bridgehead atoms. The highest BCUT2D eigenvalue weighted by molar-refractivity contribution is 5.72. The quantitative estimate of drug-likeness (QED) is 0.606. The molecule has 0 radical (unpaired) electrons. The van der Waals surface area contributed by atoms with Crippen LogP contribution in [0, 0.1) is 6.92 Å². The fourth-order valence-electron chi connectivity index (χ4n) is 3.34. The molecule has 2 nitrogen and oxygen atoms in total. The number of benzene rings is 2. The summed E-state index contributed by atoms with van der Waals surface area (Å²) in [6.07, 6.45) is 2.44. The summed E-state index contributed by atoms with van der Waals surface area (Å²) in [5.41, 5.74) is 4.03. The molecular weight excluding hydrogens is 268 g/mol. The summed E-state index contributed by atoms with van der Waals surface area (Å²) in [5, 5.41) is 0. The Bertz CT molecular complexity index is 756. The van der Waals surface area contributed by atoms with E-state index < -0.39 is 0 Å². The number of rotatable bonds is 5. The molecule has 1 heterocycles. The largest absolute Gasteiger partial charge is 0.254 e. The van der Waals surface area contributed by atoms with E-state index in [1.165, 1.54) is 35.3 Å². The molecule has 114 valence electrons. The van der Waals surface area contributed by atoms with Crippen LogP contribution in [0.25, 0.3) is 11.0 Å². The first-order valence-corrected chi connectivity index (χ1v) is 8.28. The van der Waals surface area contributed by atoms with Gasteiger partial charge in [0.2, 0.25) is 0 Å². The Morgan fingerprint density at radius 2 is 1.68 bits per heavy atom. The number of unbranched alkanes of at least 4 members (excludes halogenated alkanes) is 1. The maximum absolute atomic E-state index is 2.47. The van der Waals surface area contributed by atoms with Crippen LogP contribution in [0.15, 0.2) is 54.6 Å². The molecule has 3 rings (SSSR count). The van der Waals surface area contributed by atoms with Gasteiger partial charge in [-0.1, -0.05) is 55.8 Å². The van der Waals surface area contributed by atoms with Crippen molar-refractivity contribution in [2.75, 3.05) is 0 Å². The Kier molecular flexibility index (Phi) is 4.28. The van der Waals surface area contributed by atoms with Crippen LogP contribution in [-0.4, -0.2) is 4.57 Å². The molecule has 0 unspecified atom stereocenters. The number of hydrogen-bond donors (Lipinski definition) is 0. The van der Waals surface area contributed by atoms with Crippen molar-refractivity contribution in [1.29, 1.82) is 0 Å². The van der Waals surface area contributed by atoms with Crippen LogP contribution in [0.3, 0.4) is 0 Å². The van der Waals surface area contributed by atoms with Gasteiger partial charge in [-0.2, -0.15) is 0 Å². The van der Waals surface area contributed by atoms with Crippen LogP contribution in [0.4, 0.5) is 0 Å². The van der Waals surface area contributed by atoms with Gasteiger partial charge in [0.05, 0.1) is 6.54 Å². The van der Waals surface area contributed by atoms with E-state index in [2.05, 4.69) is 84.5 Å². The van der Waals surface area contributed by atoms with Crippen molar-refractivity contribution in [2.45, 2.75) is 46.2 Å². The lowest BCUT2D eigenvalue weighted by Gasteiger charge is -2.11. The van der Waals surface area contributed by atoms with Gasteiger partial charge in [0.15, 0.2) is 11.0 Å². The molecule has 2 heteroatoms. The van der Waals surface area contributed by atoms with Crippen molar-refractivity contribution in [3.05, 3.63) is 66.0 Å². The highest BCUT2D eigenvalue weighted by atomic mass is 15.2. The maximum Gasteiger partial charge on any atom is 0.254 e. The average Bonchev–Trinajstić information content (AvgIpc) is 2.85. The smallest absolute Gasteiger partial charge is 0.227 e. The molecule has 0 saturated heterocycles. The van der Waals surface area contributed by atoms with Gasteiger partial charge in [-0.3, -0.25) is 0 Å². The van der Waals surface area contributed by atoms with Crippen LogP contribution in [0.1, 0.15) is 44.1 Å². The van der Waals surface area contributed by atoms with E-state index in [4.69, 9.17) is 0 Å². The van der Waals surface area contributed by atoms with Crippen molar-refractivity contribution < 1.29 is 4.57 Å². The lowest BCUT2D eigenvalue weighted by Crippen LogP contribution is -2.36. The Morgan fingerprint density at radius 1 is 1.00 bits per heavy atom. The van der Waals surface area contributed by atoms with Crippen molar-refractivity contribution in [3.63, 3.8) is 0 Å². The Morgan fingerprint density at radius 3 is 2.41 bits per heavy atom. The Labute approximate surface area is 133 Å². The second kappa shape index (κ2) is 6.35. The molecule has 0 aliphatic rings. The van der Waals surface area contributed by atoms with Crippen LogP contribution >= 0.6 is 0 Å². The molecule has 3 aromatic rings.